The lowest BCUT2D eigenvalue weighted by Gasteiger charge is -2.10. The van der Waals surface area contributed by atoms with Gasteiger partial charge in [0.15, 0.2) is 0 Å². The van der Waals surface area contributed by atoms with Gasteiger partial charge in [0.1, 0.15) is 0 Å². The molecule has 0 bridgehead atoms. The quantitative estimate of drug-likeness (QED) is 0.723. The Bertz CT molecular complexity index is 988. The Morgan fingerprint density at radius 3 is 2.50 bits per heavy atom. The third kappa shape index (κ3) is 4.30. The lowest BCUT2D eigenvalue weighted by atomic mass is 10.0. The number of nitrogens with one attached hydrogen (secondary N) is 1. The van der Waals surface area contributed by atoms with E-state index in [0.29, 0.717) is 6.42 Å². The fraction of sp³-hybridized carbons (Fsp3) is 0.211. The van der Waals surface area contributed by atoms with Crippen LogP contribution in [0.15, 0.2) is 60.0 Å². The third-order valence-corrected chi connectivity index (χ3v) is 5.48. The minimum absolute atomic E-state index is 0.248. The van der Waals surface area contributed by atoms with Crippen LogP contribution >= 0.6 is 0 Å². The van der Waals surface area contributed by atoms with Crippen LogP contribution in [0.2, 0.25) is 0 Å². The van der Waals surface area contributed by atoms with Gasteiger partial charge in [0, 0.05) is 49.0 Å². The highest BCUT2D eigenvalue weighted by Gasteiger charge is 2.15. The molecular formula is C19H20N4O2S. The summed E-state index contributed by atoms with van der Waals surface area (Å²) < 4.78 is 27.6. The van der Waals surface area contributed by atoms with Crippen molar-refractivity contribution in [1.29, 1.82) is 0 Å². The molecule has 0 atom stereocenters. The van der Waals surface area contributed by atoms with Crippen molar-refractivity contribution in [3.8, 4) is 11.1 Å². The normalized spacial score (nSPS) is 11.5. The Labute approximate surface area is 153 Å². The molecule has 2 heterocycles. The third-order valence-electron chi connectivity index (χ3n) is 4.02. The van der Waals surface area contributed by atoms with Crippen LogP contribution in [-0.4, -0.2) is 29.9 Å². The smallest absolute Gasteiger partial charge is 0.240 e. The number of sulfonamides is 1. The molecule has 0 saturated carbocycles. The van der Waals surface area contributed by atoms with Crippen LogP contribution in [0.3, 0.4) is 0 Å². The number of benzene rings is 1. The fourth-order valence-electron chi connectivity index (χ4n) is 2.61. The van der Waals surface area contributed by atoms with Crippen LogP contribution < -0.4 is 4.72 Å². The van der Waals surface area contributed by atoms with Crippen molar-refractivity contribution in [2.75, 3.05) is 6.54 Å². The fourth-order valence-corrected chi connectivity index (χ4v) is 3.73. The van der Waals surface area contributed by atoms with Gasteiger partial charge in [0.25, 0.3) is 0 Å². The van der Waals surface area contributed by atoms with E-state index in [0.717, 1.165) is 28.1 Å². The van der Waals surface area contributed by atoms with Gasteiger partial charge in [-0.15, -0.1) is 0 Å². The molecule has 134 valence electrons. The zero-order valence-corrected chi connectivity index (χ0v) is 15.5. The van der Waals surface area contributed by atoms with Gasteiger partial charge in [-0.2, -0.15) is 0 Å². The van der Waals surface area contributed by atoms with E-state index in [1.165, 1.54) is 0 Å². The zero-order chi connectivity index (χ0) is 18.6. The van der Waals surface area contributed by atoms with E-state index >= 15 is 0 Å². The van der Waals surface area contributed by atoms with Crippen molar-refractivity contribution >= 4 is 10.0 Å². The molecule has 3 rings (SSSR count). The molecule has 26 heavy (non-hydrogen) atoms. The highest BCUT2D eigenvalue weighted by atomic mass is 32.2. The van der Waals surface area contributed by atoms with Crippen molar-refractivity contribution in [2.24, 2.45) is 0 Å². The number of rotatable bonds is 6. The molecule has 0 radical (unpaired) electrons. The lowest BCUT2D eigenvalue weighted by Crippen LogP contribution is -2.26. The molecule has 2 aromatic heterocycles. The summed E-state index contributed by atoms with van der Waals surface area (Å²) in [7, 11) is -3.57. The largest absolute Gasteiger partial charge is 0.261 e. The van der Waals surface area contributed by atoms with Gasteiger partial charge in [0.2, 0.25) is 10.0 Å². The summed E-state index contributed by atoms with van der Waals surface area (Å²) in [5, 5.41) is 0. The van der Waals surface area contributed by atoms with Gasteiger partial charge in [-0.05, 0) is 43.2 Å². The van der Waals surface area contributed by atoms with E-state index < -0.39 is 10.0 Å². The molecule has 1 N–H and O–H groups in total. The maximum Gasteiger partial charge on any atom is 0.240 e. The molecule has 0 aliphatic carbocycles. The first-order valence-corrected chi connectivity index (χ1v) is 9.72. The molecular weight excluding hydrogens is 348 g/mol. The second kappa shape index (κ2) is 7.72. The standard InChI is InChI=1S/C19H20N4O2S/c1-14-11-18(5-6-19(14)16-4-3-15(2)22-12-16)26(24,25)23-8-7-17-13-20-9-10-21-17/h3-6,9-13,23H,7-8H2,1-2H3. The molecule has 0 unspecified atom stereocenters. The van der Waals surface area contributed by atoms with Gasteiger partial charge >= 0.3 is 0 Å². The molecule has 0 fully saturated rings. The highest BCUT2D eigenvalue weighted by Crippen LogP contribution is 2.25. The van der Waals surface area contributed by atoms with E-state index in [1.807, 2.05) is 32.0 Å². The van der Waals surface area contributed by atoms with Crippen LogP contribution in [0, 0.1) is 13.8 Å². The highest BCUT2D eigenvalue weighted by molar-refractivity contribution is 7.89. The predicted molar refractivity (Wildman–Crippen MR) is 100 cm³/mol. The Balaban J connectivity index is 1.73. The molecule has 6 nitrogen and oxygen atoms in total. The molecule has 0 amide bonds. The average molecular weight is 368 g/mol. The monoisotopic (exact) mass is 368 g/mol. The van der Waals surface area contributed by atoms with Crippen LogP contribution in [0.5, 0.6) is 0 Å². The van der Waals surface area contributed by atoms with Crippen LogP contribution in [0.1, 0.15) is 17.0 Å². The van der Waals surface area contributed by atoms with Crippen LogP contribution in [-0.2, 0) is 16.4 Å². The maximum absolute atomic E-state index is 12.5. The van der Waals surface area contributed by atoms with Crippen LogP contribution in [0.25, 0.3) is 11.1 Å². The SMILES string of the molecule is Cc1ccc(-c2ccc(S(=O)(=O)NCCc3cnccn3)cc2C)cn1. The summed E-state index contributed by atoms with van der Waals surface area (Å²) in [5.74, 6) is 0. The van der Waals surface area contributed by atoms with E-state index in [9.17, 15) is 8.42 Å². The Morgan fingerprint density at radius 1 is 1.00 bits per heavy atom. The van der Waals surface area contributed by atoms with Crippen molar-refractivity contribution in [3.05, 3.63) is 72.1 Å². The first kappa shape index (κ1) is 18.2. The minimum Gasteiger partial charge on any atom is -0.261 e. The van der Waals surface area contributed by atoms with E-state index in [2.05, 4.69) is 19.7 Å². The van der Waals surface area contributed by atoms with Gasteiger partial charge in [-0.3, -0.25) is 15.0 Å². The number of aromatic nitrogens is 3. The second-order valence-corrected chi connectivity index (χ2v) is 7.78. The van der Waals surface area contributed by atoms with Crippen molar-refractivity contribution in [3.63, 3.8) is 0 Å². The molecule has 0 saturated heterocycles. The number of hydrogen-bond acceptors (Lipinski definition) is 5. The van der Waals surface area contributed by atoms with Gasteiger partial charge in [-0.1, -0.05) is 12.1 Å². The van der Waals surface area contributed by atoms with E-state index in [-0.39, 0.29) is 11.4 Å². The first-order chi connectivity index (χ1) is 12.5. The number of hydrogen-bond donors (Lipinski definition) is 1. The summed E-state index contributed by atoms with van der Waals surface area (Å²) in [6.07, 6.45) is 7.08. The van der Waals surface area contributed by atoms with Gasteiger partial charge in [-0.25, -0.2) is 13.1 Å². The van der Waals surface area contributed by atoms with Crippen molar-refractivity contribution in [2.45, 2.75) is 25.2 Å². The summed E-state index contributed by atoms with van der Waals surface area (Å²) in [6.45, 7) is 4.09. The number of pyridine rings is 1. The topological polar surface area (TPSA) is 84.8 Å². The molecule has 3 aromatic rings. The van der Waals surface area contributed by atoms with Crippen LogP contribution in [0.4, 0.5) is 0 Å². The number of nitrogens with zero attached hydrogens (tertiary/aromatic N) is 3. The zero-order valence-electron chi connectivity index (χ0n) is 14.7. The first-order valence-electron chi connectivity index (χ1n) is 8.24. The average Bonchev–Trinajstić information content (AvgIpc) is 2.63. The van der Waals surface area contributed by atoms with E-state index in [1.54, 1.807) is 36.9 Å². The summed E-state index contributed by atoms with van der Waals surface area (Å²) >= 11 is 0. The molecule has 7 heteroatoms. The van der Waals surface area contributed by atoms with Gasteiger partial charge < -0.3 is 0 Å². The minimum atomic E-state index is -3.57. The van der Waals surface area contributed by atoms with Crippen molar-refractivity contribution < 1.29 is 8.42 Å². The Morgan fingerprint density at radius 2 is 1.85 bits per heavy atom. The maximum atomic E-state index is 12.5. The predicted octanol–water partition coefficient (Wildman–Crippen LogP) is 2.68. The second-order valence-electron chi connectivity index (χ2n) is 6.01. The molecule has 0 aliphatic heterocycles. The number of aryl methyl sites for hydroxylation is 2. The lowest BCUT2D eigenvalue weighted by molar-refractivity contribution is 0.581. The summed E-state index contributed by atoms with van der Waals surface area (Å²) in [5.41, 5.74) is 4.50. The Hall–Kier alpha value is -2.64. The summed E-state index contributed by atoms with van der Waals surface area (Å²) in [6, 6.07) is 9.04. The Kier molecular flexibility index (Phi) is 5.39. The van der Waals surface area contributed by atoms with E-state index in [4.69, 9.17) is 0 Å². The molecule has 1 aromatic carbocycles. The van der Waals surface area contributed by atoms with Crippen molar-refractivity contribution in [1.82, 2.24) is 19.7 Å². The molecule has 0 aliphatic rings. The summed E-state index contributed by atoms with van der Waals surface area (Å²) in [4.78, 5) is 12.6. The van der Waals surface area contributed by atoms with Gasteiger partial charge in [0.05, 0.1) is 10.6 Å². The molecule has 0 spiro atoms.